The van der Waals surface area contributed by atoms with Crippen molar-refractivity contribution in [3.05, 3.63) is 29.8 Å². The van der Waals surface area contributed by atoms with Gasteiger partial charge in [0.2, 0.25) is 0 Å². The number of rotatable bonds is 6. The Labute approximate surface area is 122 Å². The van der Waals surface area contributed by atoms with Crippen molar-refractivity contribution in [3.63, 3.8) is 0 Å². The third-order valence-corrected chi connectivity index (χ3v) is 3.63. The van der Waals surface area contributed by atoms with Crippen LogP contribution in [0.15, 0.2) is 24.3 Å². The van der Waals surface area contributed by atoms with Gasteiger partial charge in [-0.3, -0.25) is 14.5 Å². The average molecular weight is 293 g/mol. The third-order valence-electron chi connectivity index (χ3n) is 3.63. The molecule has 0 bridgehead atoms. The van der Waals surface area contributed by atoms with Gasteiger partial charge < -0.3 is 14.9 Å². The van der Waals surface area contributed by atoms with Crippen LogP contribution in [-0.2, 0) is 9.59 Å². The van der Waals surface area contributed by atoms with Gasteiger partial charge in [0.15, 0.2) is 0 Å². The Bertz CT molecular complexity index is 531. The van der Waals surface area contributed by atoms with E-state index in [9.17, 15) is 19.8 Å². The summed E-state index contributed by atoms with van der Waals surface area (Å²) >= 11 is 0. The SMILES string of the molecule is CCOc1cccc(C(C(=O)O)N2CCCC2C(=O)O)c1. The van der Waals surface area contributed by atoms with Gasteiger partial charge in [0.1, 0.15) is 17.8 Å². The van der Waals surface area contributed by atoms with E-state index in [0.717, 1.165) is 0 Å². The van der Waals surface area contributed by atoms with Crippen LogP contribution in [0.2, 0.25) is 0 Å². The van der Waals surface area contributed by atoms with Gasteiger partial charge >= 0.3 is 11.9 Å². The van der Waals surface area contributed by atoms with Crippen LogP contribution >= 0.6 is 0 Å². The Kier molecular flexibility index (Phi) is 4.80. The van der Waals surface area contributed by atoms with Crippen LogP contribution in [-0.4, -0.2) is 46.2 Å². The van der Waals surface area contributed by atoms with Crippen molar-refractivity contribution in [2.45, 2.75) is 31.8 Å². The number of ether oxygens (including phenoxy) is 1. The van der Waals surface area contributed by atoms with Crippen LogP contribution in [0.1, 0.15) is 31.4 Å². The van der Waals surface area contributed by atoms with E-state index in [1.54, 1.807) is 24.3 Å². The van der Waals surface area contributed by atoms with E-state index in [2.05, 4.69) is 0 Å². The number of carboxylic acids is 2. The maximum atomic E-state index is 11.6. The van der Waals surface area contributed by atoms with E-state index in [1.165, 1.54) is 4.90 Å². The fraction of sp³-hybridized carbons (Fsp3) is 0.467. The second-order valence-corrected chi connectivity index (χ2v) is 4.98. The molecule has 114 valence electrons. The summed E-state index contributed by atoms with van der Waals surface area (Å²) in [4.78, 5) is 24.5. The molecule has 21 heavy (non-hydrogen) atoms. The lowest BCUT2D eigenvalue weighted by atomic mass is 10.0. The first-order valence-corrected chi connectivity index (χ1v) is 6.98. The Balaban J connectivity index is 2.32. The first-order valence-electron chi connectivity index (χ1n) is 6.98. The van der Waals surface area contributed by atoms with Gasteiger partial charge in [-0.25, -0.2) is 0 Å². The number of benzene rings is 1. The predicted molar refractivity (Wildman–Crippen MR) is 75.4 cm³/mol. The number of aliphatic carboxylic acids is 2. The Morgan fingerprint density at radius 1 is 1.43 bits per heavy atom. The lowest BCUT2D eigenvalue weighted by Crippen LogP contribution is -2.41. The van der Waals surface area contributed by atoms with Gasteiger partial charge in [0.05, 0.1) is 6.61 Å². The Morgan fingerprint density at radius 3 is 2.81 bits per heavy atom. The van der Waals surface area contributed by atoms with Gasteiger partial charge in [-0.2, -0.15) is 0 Å². The molecular formula is C15H19NO5. The van der Waals surface area contributed by atoms with E-state index in [0.29, 0.717) is 37.3 Å². The topological polar surface area (TPSA) is 87.1 Å². The lowest BCUT2D eigenvalue weighted by molar-refractivity contribution is -0.149. The van der Waals surface area contributed by atoms with Crippen LogP contribution < -0.4 is 4.74 Å². The molecule has 1 saturated heterocycles. The van der Waals surface area contributed by atoms with Crippen LogP contribution in [0.5, 0.6) is 5.75 Å². The molecule has 1 aliphatic heterocycles. The van der Waals surface area contributed by atoms with Crippen molar-refractivity contribution in [3.8, 4) is 5.75 Å². The highest BCUT2D eigenvalue weighted by atomic mass is 16.5. The highest BCUT2D eigenvalue weighted by Gasteiger charge is 2.39. The van der Waals surface area contributed by atoms with Gasteiger partial charge in [-0.05, 0) is 37.5 Å². The second kappa shape index (κ2) is 6.58. The Hall–Kier alpha value is -2.08. The monoisotopic (exact) mass is 293 g/mol. The summed E-state index contributed by atoms with van der Waals surface area (Å²) in [5.74, 6) is -1.43. The van der Waals surface area contributed by atoms with E-state index in [-0.39, 0.29) is 0 Å². The highest BCUT2D eigenvalue weighted by Crippen LogP contribution is 2.31. The summed E-state index contributed by atoms with van der Waals surface area (Å²) in [6.45, 7) is 2.80. The summed E-state index contributed by atoms with van der Waals surface area (Å²) in [6, 6.07) is 5.13. The standard InChI is InChI=1S/C15H19NO5/c1-2-21-11-6-3-5-10(9-11)13(15(19)20)16-8-4-7-12(16)14(17)18/h3,5-6,9,12-13H,2,4,7-8H2,1H3,(H,17,18)(H,19,20). The van der Waals surface area contributed by atoms with Crippen molar-refractivity contribution in [1.82, 2.24) is 4.90 Å². The first kappa shape index (κ1) is 15.3. The zero-order valence-electron chi connectivity index (χ0n) is 11.9. The zero-order chi connectivity index (χ0) is 15.4. The molecule has 1 fully saturated rings. The van der Waals surface area contributed by atoms with Crippen LogP contribution in [0.3, 0.4) is 0 Å². The number of hydrogen-bond acceptors (Lipinski definition) is 4. The number of carbonyl (C=O) groups is 2. The minimum Gasteiger partial charge on any atom is -0.494 e. The maximum absolute atomic E-state index is 11.6. The smallest absolute Gasteiger partial charge is 0.325 e. The number of nitrogens with zero attached hydrogens (tertiary/aromatic N) is 1. The molecule has 2 unspecified atom stereocenters. The quantitative estimate of drug-likeness (QED) is 0.831. The zero-order valence-corrected chi connectivity index (χ0v) is 11.9. The second-order valence-electron chi connectivity index (χ2n) is 4.98. The maximum Gasteiger partial charge on any atom is 0.325 e. The van der Waals surface area contributed by atoms with E-state index in [4.69, 9.17) is 4.74 Å². The fourth-order valence-electron chi connectivity index (χ4n) is 2.78. The molecule has 6 heteroatoms. The lowest BCUT2D eigenvalue weighted by Gasteiger charge is -2.28. The molecule has 1 aromatic carbocycles. The average Bonchev–Trinajstić information content (AvgIpc) is 2.88. The van der Waals surface area contributed by atoms with E-state index >= 15 is 0 Å². The van der Waals surface area contributed by atoms with Crippen molar-refractivity contribution in [2.24, 2.45) is 0 Å². The van der Waals surface area contributed by atoms with E-state index in [1.807, 2.05) is 6.92 Å². The molecule has 2 N–H and O–H groups in total. The molecule has 0 saturated carbocycles. The van der Waals surface area contributed by atoms with Crippen LogP contribution in [0.25, 0.3) is 0 Å². The summed E-state index contributed by atoms with van der Waals surface area (Å²) < 4.78 is 5.39. The molecule has 2 rings (SSSR count). The number of likely N-dealkylation sites (tertiary alicyclic amines) is 1. The molecule has 1 aromatic rings. The molecular weight excluding hydrogens is 274 g/mol. The predicted octanol–water partition coefficient (Wildman–Crippen LogP) is 1.76. The molecule has 2 atom stereocenters. The minimum atomic E-state index is -1.04. The molecule has 0 aromatic heterocycles. The van der Waals surface area contributed by atoms with Gasteiger partial charge in [0, 0.05) is 6.54 Å². The normalized spacial score (nSPS) is 20.1. The van der Waals surface area contributed by atoms with Gasteiger partial charge in [-0.1, -0.05) is 12.1 Å². The van der Waals surface area contributed by atoms with Gasteiger partial charge in [0.25, 0.3) is 0 Å². The molecule has 0 spiro atoms. The largest absolute Gasteiger partial charge is 0.494 e. The highest BCUT2D eigenvalue weighted by molar-refractivity contribution is 5.79. The summed E-state index contributed by atoms with van der Waals surface area (Å²) in [5.41, 5.74) is 0.543. The number of carboxylic acid groups (broad SMARTS) is 2. The Morgan fingerprint density at radius 2 is 2.19 bits per heavy atom. The summed E-state index contributed by atoms with van der Waals surface area (Å²) in [5, 5.41) is 18.8. The van der Waals surface area contributed by atoms with Crippen molar-refractivity contribution in [1.29, 1.82) is 0 Å². The van der Waals surface area contributed by atoms with Crippen LogP contribution in [0.4, 0.5) is 0 Å². The van der Waals surface area contributed by atoms with Crippen molar-refractivity contribution in [2.75, 3.05) is 13.2 Å². The molecule has 1 heterocycles. The summed E-state index contributed by atoms with van der Waals surface area (Å²) in [6.07, 6.45) is 1.16. The third kappa shape index (κ3) is 3.33. The summed E-state index contributed by atoms with van der Waals surface area (Å²) in [7, 11) is 0. The fourth-order valence-corrected chi connectivity index (χ4v) is 2.78. The molecule has 1 aliphatic rings. The van der Waals surface area contributed by atoms with Crippen molar-refractivity contribution >= 4 is 11.9 Å². The molecule has 0 aliphatic carbocycles. The van der Waals surface area contributed by atoms with Crippen LogP contribution in [0, 0.1) is 0 Å². The molecule has 0 radical (unpaired) electrons. The minimum absolute atomic E-state index is 0.465. The van der Waals surface area contributed by atoms with Gasteiger partial charge in [-0.15, -0.1) is 0 Å². The van der Waals surface area contributed by atoms with E-state index < -0.39 is 24.0 Å². The number of hydrogen-bond donors (Lipinski definition) is 2. The van der Waals surface area contributed by atoms with Crippen molar-refractivity contribution < 1.29 is 24.5 Å². The molecule has 0 amide bonds. The molecule has 6 nitrogen and oxygen atoms in total. The first-order chi connectivity index (χ1) is 10.0.